The van der Waals surface area contributed by atoms with Crippen LogP contribution in [0.1, 0.15) is 28.8 Å². The molecule has 3 rings (SSSR count). The SMILES string of the molecule is COc1ccc(CN(C(=O)c2cc(OC)ccc2Br)C2CC2)cc1. The molecule has 0 spiro atoms. The normalized spacial score (nSPS) is 13.5. The van der Waals surface area contributed by atoms with E-state index in [2.05, 4.69) is 15.9 Å². The highest BCUT2D eigenvalue weighted by Crippen LogP contribution is 2.32. The van der Waals surface area contributed by atoms with E-state index in [0.29, 0.717) is 23.9 Å². The summed E-state index contributed by atoms with van der Waals surface area (Å²) in [6, 6.07) is 13.6. The lowest BCUT2D eigenvalue weighted by molar-refractivity contribution is 0.0728. The van der Waals surface area contributed by atoms with Gasteiger partial charge in [0.2, 0.25) is 0 Å². The first-order valence-electron chi connectivity index (χ1n) is 7.90. The molecule has 1 fully saturated rings. The third-order valence-electron chi connectivity index (χ3n) is 4.16. The number of benzene rings is 2. The number of hydrogen-bond acceptors (Lipinski definition) is 3. The monoisotopic (exact) mass is 389 g/mol. The molecule has 5 heteroatoms. The number of halogens is 1. The number of carbonyl (C=O) groups is 1. The minimum atomic E-state index is 0.0269. The summed E-state index contributed by atoms with van der Waals surface area (Å²) in [7, 11) is 3.25. The summed E-state index contributed by atoms with van der Waals surface area (Å²) in [4.78, 5) is 15.0. The average molecular weight is 390 g/mol. The van der Waals surface area contributed by atoms with Crippen molar-refractivity contribution in [3.63, 3.8) is 0 Å². The van der Waals surface area contributed by atoms with E-state index in [1.165, 1.54) is 0 Å². The Hall–Kier alpha value is -2.01. The van der Waals surface area contributed by atoms with Crippen LogP contribution in [0.4, 0.5) is 0 Å². The van der Waals surface area contributed by atoms with E-state index < -0.39 is 0 Å². The molecule has 2 aromatic carbocycles. The second kappa shape index (κ2) is 7.26. The molecule has 0 unspecified atom stereocenters. The van der Waals surface area contributed by atoms with E-state index in [0.717, 1.165) is 28.6 Å². The fourth-order valence-electron chi connectivity index (χ4n) is 2.63. The smallest absolute Gasteiger partial charge is 0.255 e. The van der Waals surface area contributed by atoms with E-state index in [-0.39, 0.29) is 5.91 Å². The van der Waals surface area contributed by atoms with Crippen LogP contribution in [-0.4, -0.2) is 31.1 Å². The van der Waals surface area contributed by atoms with Crippen LogP contribution in [0, 0.1) is 0 Å². The van der Waals surface area contributed by atoms with Gasteiger partial charge in [0.1, 0.15) is 11.5 Å². The quantitative estimate of drug-likeness (QED) is 0.740. The van der Waals surface area contributed by atoms with Crippen molar-refractivity contribution in [3.8, 4) is 11.5 Å². The van der Waals surface area contributed by atoms with Crippen molar-refractivity contribution >= 4 is 21.8 Å². The highest BCUT2D eigenvalue weighted by atomic mass is 79.9. The van der Waals surface area contributed by atoms with Gasteiger partial charge < -0.3 is 14.4 Å². The Morgan fingerprint density at radius 1 is 1.08 bits per heavy atom. The average Bonchev–Trinajstić information content (AvgIpc) is 3.45. The second-order valence-electron chi connectivity index (χ2n) is 5.86. The molecule has 4 nitrogen and oxygen atoms in total. The molecule has 0 heterocycles. The molecule has 2 aromatic rings. The molecule has 0 aromatic heterocycles. The summed E-state index contributed by atoms with van der Waals surface area (Å²) in [5.74, 6) is 1.53. The lowest BCUT2D eigenvalue weighted by atomic mass is 10.1. The minimum Gasteiger partial charge on any atom is -0.497 e. The molecule has 24 heavy (non-hydrogen) atoms. The maximum Gasteiger partial charge on any atom is 0.255 e. The first-order valence-corrected chi connectivity index (χ1v) is 8.69. The van der Waals surface area contributed by atoms with Gasteiger partial charge in [-0.25, -0.2) is 0 Å². The maximum absolute atomic E-state index is 13.1. The van der Waals surface area contributed by atoms with E-state index in [4.69, 9.17) is 9.47 Å². The van der Waals surface area contributed by atoms with Crippen LogP contribution >= 0.6 is 15.9 Å². The third-order valence-corrected chi connectivity index (χ3v) is 4.86. The zero-order valence-electron chi connectivity index (χ0n) is 13.8. The number of hydrogen-bond donors (Lipinski definition) is 0. The molecule has 1 amide bonds. The van der Waals surface area contributed by atoms with Crippen molar-refractivity contribution < 1.29 is 14.3 Å². The molecule has 1 aliphatic rings. The van der Waals surface area contributed by atoms with Crippen LogP contribution in [0.5, 0.6) is 11.5 Å². The van der Waals surface area contributed by atoms with Crippen LogP contribution in [0.3, 0.4) is 0 Å². The topological polar surface area (TPSA) is 38.8 Å². The van der Waals surface area contributed by atoms with Crippen molar-refractivity contribution in [2.45, 2.75) is 25.4 Å². The van der Waals surface area contributed by atoms with Gasteiger partial charge in [-0.3, -0.25) is 4.79 Å². The first-order chi connectivity index (χ1) is 11.6. The van der Waals surface area contributed by atoms with E-state index in [9.17, 15) is 4.79 Å². The predicted octanol–water partition coefficient (Wildman–Crippen LogP) is 4.27. The van der Waals surface area contributed by atoms with Crippen LogP contribution in [0.15, 0.2) is 46.9 Å². The summed E-state index contributed by atoms with van der Waals surface area (Å²) >= 11 is 3.48. The second-order valence-corrected chi connectivity index (χ2v) is 6.71. The maximum atomic E-state index is 13.1. The third kappa shape index (κ3) is 3.73. The molecular weight excluding hydrogens is 370 g/mol. The molecule has 0 atom stereocenters. The van der Waals surface area contributed by atoms with Gasteiger partial charge in [-0.05, 0) is 64.7 Å². The molecule has 1 aliphatic carbocycles. The summed E-state index contributed by atoms with van der Waals surface area (Å²) in [5, 5.41) is 0. The molecule has 126 valence electrons. The van der Waals surface area contributed by atoms with Gasteiger partial charge in [0.25, 0.3) is 5.91 Å². The highest BCUT2D eigenvalue weighted by Gasteiger charge is 2.33. The summed E-state index contributed by atoms with van der Waals surface area (Å²) in [6.45, 7) is 0.594. The van der Waals surface area contributed by atoms with Gasteiger partial charge in [0.15, 0.2) is 0 Å². The number of nitrogens with zero attached hydrogens (tertiary/aromatic N) is 1. The zero-order valence-corrected chi connectivity index (χ0v) is 15.4. The Balaban J connectivity index is 1.83. The summed E-state index contributed by atoms with van der Waals surface area (Å²) < 4.78 is 11.2. The highest BCUT2D eigenvalue weighted by molar-refractivity contribution is 9.10. The lowest BCUT2D eigenvalue weighted by Crippen LogP contribution is -2.32. The Bertz CT molecular complexity index is 726. The van der Waals surface area contributed by atoms with Crippen molar-refractivity contribution in [3.05, 3.63) is 58.1 Å². The summed E-state index contributed by atoms with van der Waals surface area (Å²) in [5.41, 5.74) is 1.73. The number of ether oxygens (including phenoxy) is 2. The number of methoxy groups -OCH3 is 2. The Labute approximate surface area is 150 Å². The van der Waals surface area contributed by atoms with Gasteiger partial charge in [-0.1, -0.05) is 12.1 Å². The number of carbonyl (C=O) groups excluding carboxylic acids is 1. The van der Waals surface area contributed by atoms with Gasteiger partial charge >= 0.3 is 0 Å². The van der Waals surface area contributed by atoms with Crippen LogP contribution in [0.25, 0.3) is 0 Å². The molecule has 0 saturated heterocycles. The van der Waals surface area contributed by atoms with Gasteiger partial charge in [-0.15, -0.1) is 0 Å². The zero-order chi connectivity index (χ0) is 17.1. The molecule has 0 radical (unpaired) electrons. The van der Waals surface area contributed by atoms with E-state index in [1.807, 2.05) is 41.3 Å². The van der Waals surface area contributed by atoms with E-state index in [1.54, 1.807) is 20.3 Å². The molecule has 0 bridgehead atoms. The van der Waals surface area contributed by atoms with Gasteiger partial charge in [0, 0.05) is 17.1 Å². The number of rotatable bonds is 6. The molecule has 1 saturated carbocycles. The largest absolute Gasteiger partial charge is 0.497 e. The van der Waals surface area contributed by atoms with Crippen LogP contribution in [-0.2, 0) is 6.54 Å². The molecule has 0 aliphatic heterocycles. The lowest BCUT2D eigenvalue weighted by Gasteiger charge is -2.23. The fourth-order valence-corrected chi connectivity index (χ4v) is 3.05. The number of amides is 1. The van der Waals surface area contributed by atoms with Crippen molar-refractivity contribution in [2.75, 3.05) is 14.2 Å². The van der Waals surface area contributed by atoms with Gasteiger partial charge in [0.05, 0.1) is 19.8 Å². The standard InChI is InChI=1S/C19H20BrNO3/c1-23-15-7-3-13(4-8-15)12-21(14-5-6-14)19(22)17-11-16(24-2)9-10-18(17)20/h3-4,7-11,14H,5-6,12H2,1-2H3. The van der Waals surface area contributed by atoms with Crippen molar-refractivity contribution in [1.29, 1.82) is 0 Å². The minimum absolute atomic E-state index is 0.0269. The van der Waals surface area contributed by atoms with Gasteiger partial charge in [-0.2, -0.15) is 0 Å². The molecular formula is C19H20BrNO3. The van der Waals surface area contributed by atoms with Crippen LogP contribution in [0.2, 0.25) is 0 Å². The Kier molecular flexibility index (Phi) is 5.09. The van der Waals surface area contributed by atoms with Crippen LogP contribution < -0.4 is 9.47 Å². The first kappa shape index (κ1) is 16.8. The van der Waals surface area contributed by atoms with Crippen molar-refractivity contribution in [2.24, 2.45) is 0 Å². The van der Waals surface area contributed by atoms with E-state index >= 15 is 0 Å². The Morgan fingerprint density at radius 3 is 2.29 bits per heavy atom. The van der Waals surface area contributed by atoms with Crippen molar-refractivity contribution in [1.82, 2.24) is 4.90 Å². The predicted molar refractivity (Wildman–Crippen MR) is 96.6 cm³/mol. The fraction of sp³-hybridized carbons (Fsp3) is 0.316. The molecule has 0 N–H and O–H groups in total. The summed E-state index contributed by atoms with van der Waals surface area (Å²) in [6.07, 6.45) is 2.12. The Morgan fingerprint density at radius 2 is 1.71 bits per heavy atom.